The van der Waals surface area contributed by atoms with Crippen LogP contribution in [0, 0.1) is 5.82 Å². The average Bonchev–Trinajstić information content (AvgIpc) is 3.10. The second-order valence-corrected chi connectivity index (χ2v) is 5.88. The first-order valence-corrected chi connectivity index (χ1v) is 7.23. The first-order valence-electron chi connectivity index (χ1n) is 5.74. The summed E-state index contributed by atoms with van der Waals surface area (Å²) in [5, 5.41) is 0. The molecule has 1 aliphatic rings. The molecule has 0 atom stereocenters. The average molecular weight is 273 g/mol. The normalized spacial score (nSPS) is 15.9. The lowest BCUT2D eigenvalue weighted by atomic mass is 10.1. The minimum atomic E-state index is -3.54. The van der Waals surface area contributed by atoms with Gasteiger partial charge in [-0.15, -0.1) is 0 Å². The van der Waals surface area contributed by atoms with Gasteiger partial charge in [0.2, 0.25) is 0 Å². The SMILES string of the molecule is NCc1ccc(CNS(=O)(=O)NC2CC2)c(F)c1. The second-order valence-electron chi connectivity index (χ2n) is 4.35. The van der Waals surface area contributed by atoms with Crippen LogP contribution >= 0.6 is 0 Å². The van der Waals surface area contributed by atoms with Crippen LogP contribution in [0.15, 0.2) is 18.2 Å². The predicted molar refractivity (Wildman–Crippen MR) is 66.2 cm³/mol. The highest BCUT2D eigenvalue weighted by Crippen LogP contribution is 2.19. The molecule has 1 aliphatic carbocycles. The summed E-state index contributed by atoms with van der Waals surface area (Å²) in [5.74, 6) is -0.452. The largest absolute Gasteiger partial charge is 0.326 e. The quantitative estimate of drug-likeness (QED) is 0.700. The number of nitrogens with two attached hydrogens (primary N) is 1. The summed E-state index contributed by atoms with van der Waals surface area (Å²) in [4.78, 5) is 0. The Kier molecular flexibility index (Phi) is 3.96. The molecule has 100 valence electrons. The van der Waals surface area contributed by atoms with Gasteiger partial charge < -0.3 is 5.73 Å². The fourth-order valence-corrected chi connectivity index (χ4v) is 2.60. The maximum absolute atomic E-state index is 13.6. The monoisotopic (exact) mass is 273 g/mol. The summed E-state index contributed by atoms with van der Waals surface area (Å²) >= 11 is 0. The zero-order valence-electron chi connectivity index (χ0n) is 9.82. The molecule has 0 unspecified atom stereocenters. The Bertz CT molecular complexity index is 529. The molecule has 4 N–H and O–H groups in total. The minimum Gasteiger partial charge on any atom is -0.326 e. The van der Waals surface area contributed by atoms with Crippen LogP contribution in [0.3, 0.4) is 0 Å². The van der Waals surface area contributed by atoms with Crippen LogP contribution in [-0.2, 0) is 23.3 Å². The van der Waals surface area contributed by atoms with E-state index in [2.05, 4.69) is 9.44 Å². The van der Waals surface area contributed by atoms with Crippen molar-refractivity contribution in [2.24, 2.45) is 5.73 Å². The summed E-state index contributed by atoms with van der Waals surface area (Å²) in [6, 6.07) is 4.57. The highest BCUT2D eigenvalue weighted by Gasteiger charge is 2.26. The molecule has 1 saturated carbocycles. The third-order valence-corrected chi connectivity index (χ3v) is 3.87. The smallest absolute Gasteiger partial charge is 0.277 e. The van der Waals surface area contributed by atoms with Crippen LogP contribution in [0.2, 0.25) is 0 Å². The molecule has 0 heterocycles. The van der Waals surface area contributed by atoms with Gasteiger partial charge in [0.15, 0.2) is 0 Å². The van der Waals surface area contributed by atoms with Gasteiger partial charge in [-0.3, -0.25) is 0 Å². The maximum atomic E-state index is 13.6. The van der Waals surface area contributed by atoms with Crippen LogP contribution < -0.4 is 15.2 Å². The van der Waals surface area contributed by atoms with E-state index in [1.54, 1.807) is 6.07 Å². The highest BCUT2D eigenvalue weighted by molar-refractivity contribution is 7.87. The molecule has 0 spiro atoms. The molecule has 0 amide bonds. The van der Waals surface area contributed by atoms with Crippen molar-refractivity contribution < 1.29 is 12.8 Å². The van der Waals surface area contributed by atoms with Gasteiger partial charge in [-0.1, -0.05) is 12.1 Å². The Morgan fingerprint density at radius 1 is 1.39 bits per heavy atom. The van der Waals surface area contributed by atoms with E-state index in [-0.39, 0.29) is 19.1 Å². The van der Waals surface area contributed by atoms with E-state index in [0.29, 0.717) is 11.1 Å². The summed E-state index contributed by atoms with van der Waals surface area (Å²) < 4.78 is 41.4. The number of hydrogen-bond donors (Lipinski definition) is 3. The third-order valence-electron chi connectivity index (χ3n) is 2.70. The van der Waals surface area contributed by atoms with Crippen LogP contribution in [0.1, 0.15) is 24.0 Å². The second kappa shape index (κ2) is 5.31. The van der Waals surface area contributed by atoms with Gasteiger partial charge in [0.05, 0.1) is 0 Å². The van der Waals surface area contributed by atoms with Crippen LogP contribution in [0.25, 0.3) is 0 Å². The molecule has 1 fully saturated rings. The highest BCUT2D eigenvalue weighted by atomic mass is 32.2. The summed E-state index contributed by atoms with van der Waals surface area (Å²) in [5.41, 5.74) is 6.36. The summed E-state index contributed by atoms with van der Waals surface area (Å²) in [6.07, 6.45) is 1.72. The molecule has 1 aromatic carbocycles. The first kappa shape index (κ1) is 13.4. The summed E-state index contributed by atoms with van der Waals surface area (Å²) in [7, 11) is -3.54. The van der Waals surface area contributed by atoms with Gasteiger partial charge in [0.1, 0.15) is 5.82 Å². The third kappa shape index (κ3) is 3.74. The molecule has 0 saturated heterocycles. The maximum Gasteiger partial charge on any atom is 0.277 e. The number of hydrogen-bond acceptors (Lipinski definition) is 3. The lowest BCUT2D eigenvalue weighted by molar-refractivity contribution is 0.560. The molecular weight excluding hydrogens is 257 g/mol. The van der Waals surface area contributed by atoms with Gasteiger partial charge in [0, 0.05) is 24.7 Å². The fraction of sp³-hybridized carbons (Fsp3) is 0.455. The van der Waals surface area contributed by atoms with E-state index >= 15 is 0 Å². The lowest BCUT2D eigenvalue weighted by Gasteiger charge is -2.08. The van der Waals surface area contributed by atoms with Crippen molar-refractivity contribution >= 4 is 10.2 Å². The Labute approximate surface area is 106 Å². The molecule has 0 aliphatic heterocycles. The van der Waals surface area contributed by atoms with Crippen molar-refractivity contribution in [1.82, 2.24) is 9.44 Å². The van der Waals surface area contributed by atoms with Crippen molar-refractivity contribution in [2.75, 3.05) is 0 Å². The van der Waals surface area contributed by atoms with Crippen LogP contribution in [0.4, 0.5) is 4.39 Å². The molecule has 1 aromatic rings. The molecule has 0 radical (unpaired) electrons. The Hall–Kier alpha value is -1.02. The zero-order valence-corrected chi connectivity index (χ0v) is 10.6. The van der Waals surface area contributed by atoms with Crippen molar-refractivity contribution in [3.05, 3.63) is 35.1 Å². The first-order chi connectivity index (χ1) is 8.50. The lowest BCUT2D eigenvalue weighted by Crippen LogP contribution is -2.37. The number of benzene rings is 1. The Balaban J connectivity index is 1.96. The Morgan fingerprint density at radius 2 is 2.11 bits per heavy atom. The number of rotatable bonds is 6. The fourth-order valence-electron chi connectivity index (χ4n) is 1.50. The molecule has 0 bridgehead atoms. The zero-order chi connectivity index (χ0) is 13.2. The van der Waals surface area contributed by atoms with E-state index in [9.17, 15) is 12.8 Å². The van der Waals surface area contributed by atoms with Crippen molar-refractivity contribution in [1.29, 1.82) is 0 Å². The molecular formula is C11H16FN3O2S. The van der Waals surface area contributed by atoms with E-state index in [4.69, 9.17) is 5.73 Å². The van der Waals surface area contributed by atoms with Crippen LogP contribution in [0.5, 0.6) is 0 Å². The Morgan fingerprint density at radius 3 is 2.67 bits per heavy atom. The van der Waals surface area contributed by atoms with E-state index in [0.717, 1.165) is 12.8 Å². The standard InChI is InChI=1S/C11H16FN3O2S/c12-11-5-8(6-13)1-2-9(11)7-14-18(16,17)15-10-3-4-10/h1-2,5,10,14-15H,3-4,6-7,13H2. The molecule has 18 heavy (non-hydrogen) atoms. The van der Waals surface area contributed by atoms with Gasteiger partial charge in [-0.2, -0.15) is 17.9 Å². The van der Waals surface area contributed by atoms with E-state index < -0.39 is 16.0 Å². The predicted octanol–water partition coefficient (Wildman–Crippen LogP) is 0.371. The van der Waals surface area contributed by atoms with Crippen LogP contribution in [-0.4, -0.2) is 14.5 Å². The van der Waals surface area contributed by atoms with Crippen molar-refractivity contribution in [3.8, 4) is 0 Å². The van der Waals surface area contributed by atoms with Gasteiger partial charge in [-0.25, -0.2) is 4.39 Å². The molecule has 2 rings (SSSR count). The van der Waals surface area contributed by atoms with E-state index in [1.165, 1.54) is 12.1 Å². The number of halogens is 1. The van der Waals surface area contributed by atoms with Gasteiger partial charge >= 0.3 is 0 Å². The topological polar surface area (TPSA) is 84.2 Å². The number of nitrogens with one attached hydrogen (secondary N) is 2. The molecule has 0 aromatic heterocycles. The van der Waals surface area contributed by atoms with E-state index in [1.807, 2.05) is 0 Å². The molecule has 5 nitrogen and oxygen atoms in total. The molecule has 7 heteroatoms. The summed E-state index contributed by atoms with van der Waals surface area (Å²) in [6.45, 7) is 0.185. The minimum absolute atomic E-state index is 0.0342. The van der Waals surface area contributed by atoms with Gasteiger partial charge in [-0.05, 0) is 24.5 Å². The van der Waals surface area contributed by atoms with Crippen molar-refractivity contribution in [2.45, 2.75) is 32.0 Å². The van der Waals surface area contributed by atoms with Crippen molar-refractivity contribution in [3.63, 3.8) is 0 Å². The van der Waals surface area contributed by atoms with Gasteiger partial charge in [0.25, 0.3) is 10.2 Å².